The van der Waals surface area contributed by atoms with Crippen molar-refractivity contribution in [2.75, 3.05) is 26.8 Å². The van der Waals surface area contributed by atoms with Gasteiger partial charge in [0.2, 0.25) is 5.91 Å². The van der Waals surface area contributed by atoms with Crippen LogP contribution in [-0.4, -0.2) is 43.7 Å². The fourth-order valence-electron chi connectivity index (χ4n) is 2.80. The number of aryl methyl sites for hydroxylation is 1. The van der Waals surface area contributed by atoms with Gasteiger partial charge in [-0.1, -0.05) is 19.9 Å². The third kappa shape index (κ3) is 3.78. The molecule has 2 N–H and O–H groups in total. The van der Waals surface area contributed by atoms with Crippen molar-refractivity contribution in [2.45, 2.75) is 39.3 Å². The molecule has 0 saturated carbocycles. The number of primary amides is 1. The van der Waals surface area contributed by atoms with Gasteiger partial charge < -0.3 is 15.2 Å². The average Bonchev–Trinajstić information content (AvgIpc) is 2.48. The molecule has 1 amide bonds. The van der Waals surface area contributed by atoms with Crippen LogP contribution in [0.25, 0.3) is 0 Å². The predicted octanol–water partition coefficient (Wildman–Crippen LogP) is 1.81. The molecule has 1 aromatic rings. The molecule has 1 saturated heterocycles. The van der Waals surface area contributed by atoms with Gasteiger partial charge in [-0.05, 0) is 35.6 Å². The summed E-state index contributed by atoms with van der Waals surface area (Å²) in [5.74, 6) is 0.949. The Labute approximate surface area is 132 Å². The maximum atomic E-state index is 11.3. The summed E-state index contributed by atoms with van der Waals surface area (Å²) in [6.07, 6.45) is -0.503. The number of benzene rings is 1. The Kier molecular flexibility index (Phi) is 5.42. The van der Waals surface area contributed by atoms with Crippen molar-refractivity contribution in [1.82, 2.24) is 4.90 Å². The lowest BCUT2D eigenvalue weighted by atomic mass is 9.96. The van der Waals surface area contributed by atoms with Crippen molar-refractivity contribution < 1.29 is 14.3 Å². The monoisotopic (exact) mass is 306 g/mol. The van der Waals surface area contributed by atoms with Crippen molar-refractivity contribution in [3.8, 4) is 5.75 Å². The van der Waals surface area contributed by atoms with Crippen molar-refractivity contribution in [1.29, 1.82) is 0 Å². The van der Waals surface area contributed by atoms with Gasteiger partial charge in [-0.25, -0.2) is 0 Å². The molecule has 0 aliphatic carbocycles. The Morgan fingerprint density at radius 3 is 2.82 bits per heavy atom. The topological polar surface area (TPSA) is 64.8 Å². The lowest BCUT2D eigenvalue weighted by Gasteiger charge is -2.32. The number of carbonyl (C=O) groups excluding carboxylic acids is 1. The van der Waals surface area contributed by atoms with Crippen molar-refractivity contribution >= 4 is 5.91 Å². The van der Waals surface area contributed by atoms with Gasteiger partial charge in [0.25, 0.3) is 0 Å². The summed E-state index contributed by atoms with van der Waals surface area (Å²) in [4.78, 5) is 13.5. The van der Waals surface area contributed by atoms with Crippen LogP contribution >= 0.6 is 0 Å². The van der Waals surface area contributed by atoms with Crippen LogP contribution in [0.5, 0.6) is 5.75 Å². The second-order valence-electron chi connectivity index (χ2n) is 6.17. The minimum absolute atomic E-state index is 0.390. The molecule has 0 bridgehead atoms. The Morgan fingerprint density at radius 2 is 2.23 bits per heavy atom. The summed E-state index contributed by atoms with van der Waals surface area (Å²) in [7, 11) is 1.71. The SMILES string of the molecule is COc1cc(C)c(CN2CCO[C@H](C(N)=O)C2)cc1C(C)C. The molecule has 1 aromatic carbocycles. The molecule has 5 heteroatoms. The first-order valence-corrected chi connectivity index (χ1v) is 7.73. The summed E-state index contributed by atoms with van der Waals surface area (Å²) in [5.41, 5.74) is 9.01. The number of rotatable bonds is 5. The predicted molar refractivity (Wildman–Crippen MR) is 86.0 cm³/mol. The summed E-state index contributed by atoms with van der Waals surface area (Å²) in [5, 5.41) is 0. The highest BCUT2D eigenvalue weighted by molar-refractivity contribution is 5.79. The van der Waals surface area contributed by atoms with Crippen molar-refractivity contribution in [2.24, 2.45) is 5.73 Å². The van der Waals surface area contributed by atoms with Gasteiger partial charge in [-0.2, -0.15) is 0 Å². The smallest absolute Gasteiger partial charge is 0.247 e. The zero-order valence-electron chi connectivity index (χ0n) is 13.9. The largest absolute Gasteiger partial charge is 0.496 e. The Morgan fingerprint density at radius 1 is 1.50 bits per heavy atom. The van der Waals surface area contributed by atoms with E-state index in [1.807, 2.05) is 0 Å². The van der Waals surface area contributed by atoms with Gasteiger partial charge in [0.05, 0.1) is 13.7 Å². The summed E-state index contributed by atoms with van der Waals surface area (Å²) in [6.45, 7) is 9.12. The highest BCUT2D eigenvalue weighted by Gasteiger charge is 2.25. The van der Waals surface area contributed by atoms with Crippen LogP contribution in [0.4, 0.5) is 0 Å². The first kappa shape index (κ1) is 16.8. The number of amides is 1. The minimum atomic E-state index is -0.503. The van der Waals surface area contributed by atoms with Crippen LogP contribution in [0.15, 0.2) is 12.1 Å². The highest BCUT2D eigenvalue weighted by Crippen LogP contribution is 2.30. The Hall–Kier alpha value is -1.59. The van der Waals surface area contributed by atoms with E-state index >= 15 is 0 Å². The molecule has 0 unspecified atom stereocenters. The fraction of sp³-hybridized carbons (Fsp3) is 0.588. The standard InChI is InChI=1S/C17H26N2O3/c1-11(2)14-8-13(12(3)7-15(14)21-4)9-19-5-6-22-16(10-19)17(18)20/h7-8,11,16H,5-6,9-10H2,1-4H3,(H2,18,20)/t16-/m0/s1. The lowest BCUT2D eigenvalue weighted by Crippen LogP contribution is -2.48. The molecule has 22 heavy (non-hydrogen) atoms. The van der Waals surface area contributed by atoms with Crippen LogP contribution in [0, 0.1) is 6.92 Å². The van der Waals surface area contributed by atoms with E-state index in [4.69, 9.17) is 15.2 Å². The number of nitrogens with zero attached hydrogens (tertiary/aromatic N) is 1. The third-order valence-corrected chi connectivity index (χ3v) is 4.17. The van der Waals surface area contributed by atoms with E-state index in [-0.39, 0.29) is 5.91 Å². The van der Waals surface area contributed by atoms with Gasteiger partial charge >= 0.3 is 0 Å². The fourth-order valence-corrected chi connectivity index (χ4v) is 2.80. The zero-order valence-corrected chi connectivity index (χ0v) is 13.9. The van der Waals surface area contributed by atoms with E-state index in [0.29, 0.717) is 19.1 Å². The van der Waals surface area contributed by atoms with E-state index in [2.05, 4.69) is 37.8 Å². The summed E-state index contributed by atoms with van der Waals surface area (Å²) < 4.78 is 10.9. The van der Waals surface area contributed by atoms with Gasteiger partial charge in [-0.3, -0.25) is 9.69 Å². The number of hydrogen-bond acceptors (Lipinski definition) is 4. The normalized spacial score (nSPS) is 19.4. The van der Waals surface area contributed by atoms with E-state index in [0.717, 1.165) is 18.8 Å². The van der Waals surface area contributed by atoms with E-state index < -0.39 is 6.10 Å². The van der Waals surface area contributed by atoms with Crippen molar-refractivity contribution in [3.63, 3.8) is 0 Å². The first-order valence-electron chi connectivity index (χ1n) is 7.73. The zero-order chi connectivity index (χ0) is 16.3. The molecule has 5 nitrogen and oxygen atoms in total. The van der Waals surface area contributed by atoms with E-state index in [1.165, 1.54) is 16.7 Å². The van der Waals surface area contributed by atoms with E-state index in [9.17, 15) is 4.79 Å². The van der Waals surface area contributed by atoms with Crippen molar-refractivity contribution in [3.05, 3.63) is 28.8 Å². The third-order valence-electron chi connectivity index (χ3n) is 4.17. The van der Waals surface area contributed by atoms with Crippen LogP contribution in [0.1, 0.15) is 36.5 Å². The molecular weight excluding hydrogens is 280 g/mol. The van der Waals surface area contributed by atoms with Crippen LogP contribution in [0.2, 0.25) is 0 Å². The lowest BCUT2D eigenvalue weighted by molar-refractivity contribution is -0.135. The maximum absolute atomic E-state index is 11.3. The number of hydrogen-bond donors (Lipinski definition) is 1. The highest BCUT2D eigenvalue weighted by atomic mass is 16.5. The molecular formula is C17H26N2O3. The first-order chi connectivity index (χ1) is 10.4. The van der Waals surface area contributed by atoms with Gasteiger partial charge in [-0.15, -0.1) is 0 Å². The number of ether oxygens (including phenoxy) is 2. The van der Waals surface area contributed by atoms with Crippen LogP contribution < -0.4 is 10.5 Å². The second kappa shape index (κ2) is 7.11. The van der Waals surface area contributed by atoms with Gasteiger partial charge in [0.15, 0.2) is 0 Å². The van der Waals surface area contributed by atoms with Gasteiger partial charge in [0.1, 0.15) is 11.9 Å². The van der Waals surface area contributed by atoms with Gasteiger partial charge in [0, 0.05) is 19.6 Å². The molecule has 1 aliphatic heterocycles. The summed E-state index contributed by atoms with van der Waals surface area (Å²) in [6, 6.07) is 4.31. The number of nitrogens with two attached hydrogens (primary N) is 1. The average molecular weight is 306 g/mol. The van der Waals surface area contributed by atoms with Crippen LogP contribution in [0.3, 0.4) is 0 Å². The minimum Gasteiger partial charge on any atom is -0.496 e. The molecule has 0 spiro atoms. The molecule has 1 fully saturated rings. The van der Waals surface area contributed by atoms with E-state index in [1.54, 1.807) is 7.11 Å². The molecule has 1 heterocycles. The Balaban J connectivity index is 2.18. The molecule has 1 aliphatic rings. The molecule has 0 aromatic heterocycles. The number of carbonyl (C=O) groups is 1. The maximum Gasteiger partial charge on any atom is 0.247 e. The molecule has 0 radical (unpaired) electrons. The number of methoxy groups -OCH3 is 1. The second-order valence-corrected chi connectivity index (χ2v) is 6.17. The Bertz CT molecular complexity index is 543. The molecule has 2 rings (SSSR count). The number of morpholine rings is 1. The van der Waals surface area contributed by atoms with Crippen LogP contribution in [-0.2, 0) is 16.1 Å². The summed E-state index contributed by atoms with van der Waals surface area (Å²) >= 11 is 0. The molecule has 122 valence electrons. The quantitative estimate of drug-likeness (QED) is 0.901. The molecule has 1 atom stereocenters.